The van der Waals surface area contributed by atoms with Gasteiger partial charge in [-0.2, -0.15) is 0 Å². The van der Waals surface area contributed by atoms with Crippen LogP contribution in [-0.2, 0) is 12.8 Å². The molecule has 0 unspecified atom stereocenters. The standard InChI is InChI=1S/C26H32N2O/c1-3-5-7-9-19-11-13-23-21(15-19)17-25(27-23)29-26-18-22-16-20(10-8-6-4-2)12-14-24(22)28-26/h11-18,27-28H,3-10H2,1-2H3. The minimum absolute atomic E-state index is 0.778. The maximum atomic E-state index is 6.11. The fourth-order valence-electron chi connectivity index (χ4n) is 4.01. The van der Waals surface area contributed by atoms with Crippen molar-refractivity contribution in [3.63, 3.8) is 0 Å². The average molecular weight is 389 g/mol. The lowest BCUT2D eigenvalue weighted by molar-refractivity contribution is 0.453. The molecular formula is C26H32N2O. The third kappa shape index (κ3) is 4.84. The molecule has 3 heteroatoms. The smallest absolute Gasteiger partial charge is 0.200 e. The number of aromatic amines is 2. The van der Waals surface area contributed by atoms with E-state index in [0.29, 0.717) is 0 Å². The summed E-state index contributed by atoms with van der Waals surface area (Å²) in [7, 11) is 0. The van der Waals surface area contributed by atoms with Gasteiger partial charge in [-0.05, 0) is 61.1 Å². The maximum Gasteiger partial charge on any atom is 0.200 e. The topological polar surface area (TPSA) is 40.8 Å². The first-order valence-corrected chi connectivity index (χ1v) is 11.2. The van der Waals surface area contributed by atoms with E-state index in [0.717, 1.165) is 35.6 Å². The number of nitrogens with one attached hydrogen (secondary N) is 2. The largest absolute Gasteiger partial charge is 0.425 e. The third-order valence-corrected chi connectivity index (χ3v) is 5.68. The van der Waals surface area contributed by atoms with Crippen LogP contribution in [0.25, 0.3) is 21.8 Å². The summed E-state index contributed by atoms with van der Waals surface area (Å²) in [5, 5.41) is 2.42. The van der Waals surface area contributed by atoms with Crippen molar-refractivity contribution in [1.29, 1.82) is 0 Å². The molecule has 2 N–H and O–H groups in total. The molecule has 4 aromatic rings. The molecule has 3 nitrogen and oxygen atoms in total. The number of benzene rings is 2. The molecule has 4 rings (SSSR count). The Morgan fingerprint density at radius 2 is 1.10 bits per heavy atom. The second kappa shape index (κ2) is 9.21. The molecule has 0 atom stereocenters. The van der Waals surface area contributed by atoms with Crippen LogP contribution in [0.3, 0.4) is 0 Å². The van der Waals surface area contributed by atoms with E-state index in [9.17, 15) is 0 Å². The van der Waals surface area contributed by atoms with Crippen LogP contribution in [0, 0.1) is 0 Å². The van der Waals surface area contributed by atoms with Gasteiger partial charge in [0.25, 0.3) is 0 Å². The molecule has 2 heterocycles. The Kier molecular flexibility index (Phi) is 6.24. The summed E-state index contributed by atoms with van der Waals surface area (Å²) in [4.78, 5) is 6.77. The molecule has 0 aliphatic heterocycles. The Morgan fingerprint density at radius 3 is 1.55 bits per heavy atom. The van der Waals surface area contributed by atoms with Gasteiger partial charge < -0.3 is 14.7 Å². The van der Waals surface area contributed by atoms with Gasteiger partial charge in [-0.25, -0.2) is 0 Å². The van der Waals surface area contributed by atoms with Gasteiger partial charge in [0.1, 0.15) is 0 Å². The lowest BCUT2D eigenvalue weighted by Gasteiger charge is -2.00. The highest BCUT2D eigenvalue weighted by molar-refractivity contribution is 5.83. The van der Waals surface area contributed by atoms with Gasteiger partial charge in [0, 0.05) is 33.9 Å². The van der Waals surface area contributed by atoms with Crippen molar-refractivity contribution in [3.05, 3.63) is 59.7 Å². The predicted octanol–water partition coefficient (Wildman–Crippen LogP) is 7.91. The minimum Gasteiger partial charge on any atom is -0.425 e. The molecule has 0 fully saturated rings. The van der Waals surface area contributed by atoms with Crippen molar-refractivity contribution in [2.75, 3.05) is 0 Å². The van der Waals surface area contributed by atoms with E-state index in [2.05, 4.69) is 72.3 Å². The fraction of sp³-hybridized carbons (Fsp3) is 0.385. The Hall–Kier alpha value is -2.68. The molecule has 29 heavy (non-hydrogen) atoms. The number of aromatic nitrogens is 2. The van der Waals surface area contributed by atoms with E-state index >= 15 is 0 Å². The summed E-state index contributed by atoms with van der Waals surface area (Å²) in [5.41, 5.74) is 5.04. The molecule has 0 bridgehead atoms. The zero-order valence-corrected chi connectivity index (χ0v) is 17.7. The summed E-state index contributed by atoms with van der Waals surface area (Å²) in [6, 6.07) is 17.5. The van der Waals surface area contributed by atoms with Crippen molar-refractivity contribution in [2.24, 2.45) is 0 Å². The number of rotatable bonds is 10. The minimum atomic E-state index is 0.778. The van der Waals surface area contributed by atoms with Gasteiger partial charge >= 0.3 is 0 Å². The van der Waals surface area contributed by atoms with Gasteiger partial charge in [-0.3, -0.25) is 0 Å². The number of fused-ring (bicyclic) bond motifs is 2. The normalized spacial score (nSPS) is 11.5. The Bertz CT molecular complexity index is 987. The van der Waals surface area contributed by atoms with E-state index < -0.39 is 0 Å². The Labute approximate surface area is 173 Å². The lowest BCUT2D eigenvalue weighted by Crippen LogP contribution is -1.84. The highest BCUT2D eigenvalue weighted by atomic mass is 16.5. The lowest BCUT2D eigenvalue weighted by atomic mass is 10.1. The van der Waals surface area contributed by atoms with Crippen LogP contribution in [0.4, 0.5) is 0 Å². The van der Waals surface area contributed by atoms with Crippen molar-refractivity contribution in [3.8, 4) is 11.8 Å². The molecular weight excluding hydrogens is 356 g/mol. The zero-order chi connectivity index (χ0) is 20.1. The summed E-state index contributed by atoms with van der Waals surface area (Å²) in [6.07, 6.45) is 9.91. The van der Waals surface area contributed by atoms with E-state index in [1.165, 1.54) is 60.4 Å². The molecule has 2 aromatic heterocycles. The van der Waals surface area contributed by atoms with Crippen molar-refractivity contribution in [1.82, 2.24) is 9.97 Å². The highest BCUT2D eigenvalue weighted by Gasteiger charge is 2.08. The summed E-state index contributed by atoms with van der Waals surface area (Å²) in [5.74, 6) is 1.56. The van der Waals surface area contributed by atoms with Crippen LogP contribution in [-0.4, -0.2) is 9.97 Å². The second-order valence-electron chi connectivity index (χ2n) is 8.13. The monoisotopic (exact) mass is 388 g/mol. The Balaban J connectivity index is 1.47. The quantitative estimate of drug-likeness (QED) is 0.266. The van der Waals surface area contributed by atoms with Gasteiger partial charge in [0.2, 0.25) is 0 Å². The first kappa shape index (κ1) is 19.6. The Morgan fingerprint density at radius 1 is 0.621 bits per heavy atom. The van der Waals surface area contributed by atoms with Crippen LogP contribution in [0.5, 0.6) is 11.8 Å². The van der Waals surface area contributed by atoms with Gasteiger partial charge in [0.15, 0.2) is 11.8 Å². The van der Waals surface area contributed by atoms with Crippen molar-refractivity contribution >= 4 is 21.8 Å². The molecule has 0 saturated heterocycles. The molecule has 0 aliphatic carbocycles. The average Bonchev–Trinajstić information content (AvgIpc) is 3.30. The molecule has 0 amide bonds. The van der Waals surface area contributed by atoms with Gasteiger partial charge in [0.05, 0.1) is 0 Å². The van der Waals surface area contributed by atoms with Crippen LogP contribution < -0.4 is 4.74 Å². The van der Waals surface area contributed by atoms with E-state index in [1.807, 2.05) is 0 Å². The number of H-pyrrole nitrogens is 2. The number of aryl methyl sites for hydroxylation is 2. The summed E-state index contributed by atoms with van der Waals surface area (Å²) >= 11 is 0. The maximum absolute atomic E-state index is 6.11. The van der Waals surface area contributed by atoms with E-state index in [4.69, 9.17) is 4.74 Å². The van der Waals surface area contributed by atoms with Crippen LogP contribution in [0.2, 0.25) is 0 Å². The van der Waals surface area contributed by atoms with E-state index in [-0.39, 0.29) is 0 Å². The van der Waals surface area contributed by atoms with Crippen molar-refractivity contribution < 1.29 is 4.74 Å². The number of ether oxygens (including phenoxy) is 1. The molecule has 152 valence electrons. The second-order valence-corrected chi connectivity index (χ2v) is 8.13. The SMILES string of the molecule is CCCCCc1ccc2[nH]c(Oc3cc4cc(CCCCC)ccc4[nH]3)cc2c1. The first-order chi connectivity index (χ1) is 14.2. The molecule has 0 saturated carbocycles. The molecule has 2 aromatic carbocycles. The predicted molar refractivity (Wildman–Crippen MR) is 123 cm³/mol. The molecule has 0 radical (unpaired) electrons. The fourth-order valence-corrected chi connectivity index (χ4v) is 4.01. The van der Waals surface area contributed by atoms with Crippen LogP contribution in [0.15, 0.2) is 48.5 Å². The first-order valence-electron chi connectivity index (χ1n) is 11.2. The number of hydrogen-bond donors (Lipinski definition) is 2. The van der Waals surface area contributed by atoms with E-state index in [1.54, 1.807) is 0 Å². The molecule has 0 aliphatic rings. The summed E-state index contributed by atoms with van der Waals surface area (Å²) in [6.45, 7) is 4.49. The molecule has 0 spiro atoms. The highest BCUT2D eigenvalue weighted by Crippen LogP contribution is 2.29. The number of hydrogen-bond acceptors (Lipinski definition) is 1. The summed E-state index contributed by atoms with van der Waals surface area (Å²) < 4.78 is 6.11. The van der Waals surface area contributed by atoms with Crippen LogP contribution >= 0.6 is 0 Å². The zero-order valence-electron chi connectivity index (χ0n) is 17.7. The number of unbranched alkanes of at least 4 members (excludes halogenated alkanes) is 4. The van der Waals surface area contributed by atoms with Gasteiger partial charge in [-0.15, -0.1) is 0 Å². The van der Waals surface area contributed by atoms with Crippen molar-refractivity contribution in [2.45, 2.75) is 65.2 Å². The third-order valence-electron chi connectivity index (χ3n) is 5.68. The van der Waals surface area contributed by atoms with Gasteiger partial charge in [-0.1, -0.05) is 51.7 Å². The van der Waals surface area contributed by atoms with Crippen LogP contribution in [0.1, 0.15) is 63.5 Å².